The molecule has 13 nitrogen and oxygen atoms in total. The van der Waals surface area contributed by atoms with E-state index in [0.717, 1.165) is 11.4 Å². The Bertz CT molecular complexity index is 1740. The average molecular weight is 620 g/mol. The highest BCUT2D eigenvalue weighted by Gasteiger charge is 2.78. The molecule has 3 aromatic rings. The Kier molecular flexibility index (Phi) is 5.97. The van der Waals surface area contributed by atoms with E-state index >= 15 is 0 Å². The number of amides is 4. The lowest BCUT2D eigenvalue weighted by Gasteiger charge is -2.46. The summed E-state index contributed by atoms with van der Waals surface area (Å²) in [5.41, 5.74) is 1.45. The third-order valence-corrected chi connectivity index (χ3v) is 10.4. The fourth-order valence-corrected chi connectivity index (χ4v) is 7.27. The van der Waals surface area contributed by atoms with Gasteiger partial charge in [0.1, 0.15) is 5.82 Å². The predicted molar refractivity (Wildman–Crippen MR) is 153 cm³/mol. The number of anilines is 2. The molecular weight excluding hydrogens is 588 g/mol. The third-order valence-electron chi connectivity index (χ3n) is 10.4. The van der Waals surface area contributed by atoms with Gasteiger partial charge in [0.25, 0.3) is 11.8 Å². The summed E-state index contributed by atoms with van der Waals surface area (Å²) >= 11 is 0. The van der Waals surface area contributed by atoms with Gasteiger partial charge in [-0.15, -0.1) is 0 Å². The molecule has 5 aliphatic rings. The van der Waals surface area contributed by atoms with Crippen molar-refractivity contribution in [2.24, 2.45) is 17.3 Å². The highest BCUT2D eigenvalue weighted by Crippen LogP contribution is 2.70. The van der Waals surface area contributed by atoms with Crippen molar-refractivity contribution >= 4 is 35.1 Å². The number of piperidine rings is 1. The second-order valence-corrected chi connectivity index (χ2v) is 13.1. The van der Waals surface area contributed by atoms with E-state index < -0.39 is 23.2 Å². The first kappa shape index (κ1) is 27.8. The van der Waals surface area contributed by atoms with Crippen molar-refractivity contribution in [3.63, 3.8) is 0 Å². The SMILES string of the molecule is CC12Cc3[nH]nc(C(=O)Nc4cnn(C5CN(C(=O)C6CN(c7ccc(C8CCC(=O)NC8=O)cn7)C6)C5)c4)c3CC1C2(F)F. The van der Waals surface area contributed by atoms with Gasteiger partial charge in [-0.3, -0.25) is 34.3 Å². The molecule has 3 N–H and O–H groups in total. The van der Waals surface area contributed by atoms with E-state index in [4.69, 9.17) is 0 Å². The number of aromatic amines is 1. The number of carbonyl (C=O) groups is 4. The Morgan fingerprint density at radius 3 is 2.64 bits per heavy atom. The van der Waals surface area contributed by atoms with E-state index in [1.54, 1.807) is 28.9 Å². The van der Waals surface area contributed by atoms with Gasteiger partial charge in [-0.25, -0.2) is 13.8 Å². The van der Waals surface area contributed by atoms with Gasteiger partial charge in [-0.1, -0.05) is 13.0 Å². The molecule has 4 fully saturated rings. The molecule has 234 valence electrons. The first-order valence-corrected chi connectivity index (χ1v) is 15.1. The number of fused-ring (bicyclic) bond motifs is 2. The summed E-state index contributed by atoms with van der Waals surface area (Å²) in [5, 5.41) is 16.4. The summed E-state index contributed by atoms with van der Waals surface area (Å²) in [6, 6.07) is 3.67. The van der Waals surface area contributed by atoms with Crippen LogP contribution >= 0.6 is 0 Å². The van der Waals surface area contributed by atoms with E-state index in [0.29, 0.717) is 56.0 Å². The number of nitrogens with zero attached hydrogens (tertiary/aromatic N) is 6. The van der Waals surface area contributed by atoms with Gasteiger partial charge >= 0.3 is 0 Å². The van der Waals surface area contributed by atoms with Crippen LogP contribution < -0.4 is 15.5 Å². The topological polar surface area (TPSA) is 158 Å². The van der Waals surface area contributed by atoms with Gasteiger partial charge in [0.15, 0.2) is 5.69 Å². The van der Waals surface area contributed by atoms with Crippen molar-refractivity contribution in [1.29, 1.82) is 0 Å². The van der Waals surface area contributed by atoms with Crippen LogP contribution in [0.3, 0.4) is 0 Å². The molecule has 6 heterocycles. The van der Waals surface area contributed by atoms with Crippen LogP contribution in [0.1, 0.15) is 59.0 Å². The van der Waals surface area contributed by atoms with E-state index in [2.05, 4.69) is 30.9 Å². The van der Waals surface area contributed by atoms with Crippen LogP contribution in [0, 0.1) is 17.3 Å². The van der Waals surface area contributed by atoms with Crippen LogP contribution in [0.5, 0.6) is 0 Å². The molecule has 4 amide bonds. The van der Waals surface area contributed by atoms with Gasteiger partial charge in [-0.05, 0) is 24.5 Å². The molecule has 0 spiro atoms. The molecule has 45 heavy (non-hydrogen) atoms. The second kappa shape index (κ2) is 9.65. The van der Waals surface area contributed by atoms with Gasteiger partial charge in [-0.2, -0.15) is 10.2 Å². The number of rotatable bonds is 6. The quantitative estimate of drug-likeness (QED) is 0.352. The van der Waals surface area contributed by atoms with Crippen molar-refractivity contribution in [3.8, 4) is 0 Å². The maximum absolute atomic E-state index is 14.3. The Morgan fingerprint density at radius 2 is 1.91 bits per heavy atom. The van der Waals surface area contributed by atoms with Gasteiger partial charge < -0.3 is 15.1 Å². The van der Waals surface area contributed by atoms with Gasteiger partial charge in [0, 0.05) is 74.0 Å². The average Bonchev–Trinajstić information content (AvgIpc) is 3.37. The molecule has 3 saturated heterocycles. The standard InChI is InChI=1S/C30H31F2N9O4/c1-29-7-21-20(6-22(29)30(29,31)32)25(38-37-21)27(44)35-17-9-34-41(12-17)18-13-40(14-18)28(45)16-10-39(11-16)23-4-2-15(8-33-23)19-3-5-24(42)36-26(19)43/h2,4,8-9,12,16,18-19,22H,3,5-7,10-11,13-14H2,1H3,(H,35,44)(H,37,38)(H,36,42,43). The number of likely N-dealkylation sites (tertiary alicyclic amines) is 1. The zero-order valence-electron chi connectivity index (χ0n) is 24.4. The van der Waals surface area contributed by atoms with Crippen LogP contribution in [-0.2, 0) is 27.2 Å². The molecular formula is C30H31F2N9O4. The fourth-order valence-electron chi connectivity index (χ4n) is 7.27. The number of hydrogen-bond acceptors (Lipinski definition) is 8. The van der Waals surface area contributed by atoms with E-state index in [1.165, 1.54) is 6.20 Å². The lowest BCUT2D eigenvalue weighted by atomic mass is 9.87. The van der Waals surface area contributed by atoms with Crippen LogP contribution in [0.2, 0.25) is 0 Å². The lowest BCUT2D eigenvalue weighted by molar-refractivity contribution is -0.142. The fraction of sp³-hybridized carbons (Fsp3) is 0.500. The van der Waals surface area contributed by atoms with Crippen molar-refractivity contribution in [1.82, 2.24) is 35.2 Å². The van der Waals surface area contributed by atoms with Gasteiger partial charge in [0.05, 0.1) is 29.8 Å². The molecule has 3 aromatic heterocycles. The third kappa shape index (κ3) is 4.34. The van der Waals surface area contributed by atoms with E-state index in [-0.39, 0.29) is 54.1 Å². The highest BCUT2D eigenvalue weighted by molar-refractivity contribution is 6.04. The summed E-state index contributed by atoms with van der Waals surface area (Å²) in [6.45, 7) is 3.69. The highest BCUT2D eigenvalue weighted by atomic mass is 19.3. The Hall–Kier alpha value is -4.69. The Balaban J connectivity index is 0.813. The number of H-pyrrole nitrogens is 1. The molecule has 3 unspecified atom stereocenters. The molecule has 0 aromatic carbocycles. The van der Waals surface area contributed by atoms with E-state index in [1.807, 2.05) is 17.0 Å². The van der Waals surface area contributed by atoms with Crippen molar-refractivity contribution in [3.05, 3.63) is 53.2 Å². The number of pyridine rings is 1. The van der Waals surface area contributed by atoms with Crippen molar-refractivity contribution < 1.29 is 28.0 Å². The first-order valence-electron chi connectivity index (χ1n) is 15.1. The van der Waals surface area contributed by atoms with Crippen LogP contribution in [-0.4, -0.2) is 85.6 Å². The molecule has 0 bridgehead atoms. The summed E-state index contributed by atoms with van der Waals surface area (Å²) in [5.74, 6) is -4.24. The minimum absolute atomic E-state index is 0.0230. The van der Waals surface area contributed by atoms with E-state index in [9.17, 15) is 28.0 Å². The maximum atomic E-state index is 14.3. The maximum Gasteiger partial charge on any atom is 0.276 e. The first-order chi connectivity index (χ1) is 21.5. The number of nitrogens with one attached hydrogen (secondary N) is 3. The predicted octanol–water partition coefficient (Wildman–Crippen LogP) is 1.66. The summed E-state index contributed by atoms with van der Waals surface area (Å²) < 4.78 is 30.2. The monoisotopic (exact) mass is 619 g/mol. The summed E-state index contributed by atoms with van der Waals surface area (Å²) in [6.07, 6.45) is 5.96. The lowest BCUT2D eigenvalue weighted by Crippen LogP contribution is -2.60. The molecule has 15 heteroatoms. The number of halogens is 2. The Labute approximate surface area is 255 Å². The molecule has 8 rings (SSSR count). The number of hydrogen-bond donors (Lipinski definition) is 3. The summed E-state index contributed by atoms with van der Waals surface area (Å²) in [7, 11) is 0. The zero-order valence-corrected chi connectivity index (χ0v) is 24.4. The van der Waals surface area contributed by atoms with Crippen molar-refractivity contribution in [2.75, 3.05) is 36.4 Å². The largest absolute Gasteiger partial charge is 0.355 e. The molecule has 0 radical (unpaired) electrons. The second-order valence-electron chi connectivity index (χ2n) is 13.1. The molecule has 3 atom stereocenters. The molecule has 1 saturated carbocycles. The Morgan fingerprint density at radius 1 is 1.11 bits per heavy atom. The number of carbonyl (C=O) groups excluding carboxylic acids is 4. The number of imide groups is 1. The van der Waals surface area contributed by atoms with Gasteiger partial charge in [0.2, 0.25) is 17.7 Å². The smallest absolute Gasteiger partial charge is 0.276 e. The number of alkyl halides is 2. The zero-order chi connectivity index (χ0) is 31.2. The normalized spacial score (nSPS) is 27.2. The minimum atomic E-state index is -2.73. The van der Waals surface area contributed by atoms with Crippen molar-refractivity contribution in [2.45, 2.75) is 50.5 Å². The number of aromatic nitrogens is 5. The molecule has 3 aliphatic heterocycles. The van der Waals surface area contributed by atoms with Crippen LogP contribution in [0.25, 0.3) is 0 Å². The van der Waals surface area contributed by atoms with Crippen LogP contribution in [0.4, 0.5) is 20.3 Å². The summed E-state index contributed by atoms with van der Waals surface area (Å²) in [4.78, 5) is 57.8. The van der Waals surface area contributed by atoms with Crippen LogP contribution in [0.15, 0.2) is 30.7 Å². The minimum Gasteiger partial charge on any atom is -0.355 e. The molecule has 2 aliphatic carbocycles.